The molecule has 0 radical (unpaired) electrons. The Morgan fingerprint density at radius 1 is 1.47 bits per heavy atom. The van der Waals surface area contributed by atoms with E-state index in [1.807, 2.05) is 30.6 Å². The highest BCUT2D eigenvalue weighted by molar-refractivity contribution is 7.09. The van der Waals surface area contributed by atoms with Gasteiger partial charge in [0.2, 0.25) is 0 Å². The number of aromatic hydroxyl groups is 1. The molecule has 1 aromatic heterocycles. The number of phenolic OH excluding ortho intramolecular Hbond substituents is 1. The Kier molecular flexibility index (Phi) is 4.76. The van der Waals surface area contributed by atoms with E-state index in [4.69, 9.17) is 4.74 Å². The quantitative estimate of drug-likeness (QED) is 0.853. The van der Waals surface area contributed by atoms with E-state index >= 15 is 0 Å². The van der Waals surface area contributed by atoms with Crippen LogP contribution in [0.3, 0.4) is 0 Å². The van der Waals surface area contributed by atoms with Gasteiger partial charge in [0.25, 0.3) is 0 Å². The fraction of sp³-hybridized carbons (Fsp3) is 0.357. The van der Waals surface area contributed by atoms with E-state index in [-0.39, 0.29) is 11.8 Å². The van der Waals surface area contributed by atoms with Crippen LogP contribution in [0.15, 0.2) is 29.8 Å². The molecular formula is C14H18N2O2S. The van der Waals surface area contributed by atoms with Gasteiger partial charge in [-0.3, -0.25) is 0 Å². The number of methoxy groups -OCH3 is 1. The summed E-state index contributed by atoms with van der Waals surface area (Å²) in [5, 5.41) is 16.4. The molecule has 0 amide bonds. The molecule has 2 rings (SSSR count). The molecule has 4 nitrogen and oxygen atoms in total. The molecule has 19 heavy (non-hydrogen) atoms. The summed E-state index contributed by atoms with van der Waals surface area (Å²) in [6.45, 7) is 2.86. The van der Waals surface area contributed by atoms with E-state index in [1.165, 1.54) is 0 Å². The molecule has 0 saturated carbocycles. The second-order valence-electron chi connectivity index (χ2n) is 4.28. The van der Waals surface area contributed by atoms with Crippen molar-refractivity contribution in [2.45, 2.75) is 19.4 Å². The van der Waals surface area contributed by atoms with Crippen LogP contribution < -0.4 is 10.1 Å². The molecule has 0 saturated heterocycles. The summed E-state index contributed by atoms with van der Waals surface area (Å²) in [5.41, 5.74) is 0.875. The lowest BCUT2D eigenvalue weighted by Crippen LogP contribution is -2.21. The third-order valence-electron chi connectivity index (χ3n) is 2.98. The molecule has 0 aliphatic carbocycles. The van der Waals surface area contributed by atoms with Crippen LogP contribution in [0.1, 0.15) is 23.5 Å². The minimum Gasteiger partial charge on any atom is -0.507 e. The number of benzene rings is 1. The van der Waals surface area contributed by atoms with Crippen molar-refractivity contribution < 1.29 is 9.84 Å². The second kappa shape index (κ2) is 6.54. The van der Waals surface area contributed by atoms with E-state index in [0.29, 0.717) is 5.75 Å². The van der Waals surface area contributed by atoms with Crippen LogP contribution in [0.2, 0.25) is 0 Å². The lowest BCUT2D eigenvalue weighted by molar-refractivity contribution is 0.404. The van der Waals surface area contributed by atoms with Gasteiger partial charge in [-0.15, -0.1) is 11.3 Å². The Morgan fingerprint density at radius 3 is 2.95 bits per heavy atom. The molecule has 5 heteroatoms. The number of nitrogens with one attached hydrogen (secondary N) is 1. The minimum absolute atomic E-state index is 0.0888. The normalized spacial score (nSPS) is 12.3. The Hall–Kier alpha value is -1.59. The highest BCUT2D eigenvalue weighted by atomic mass is 32.1. The van der Waals surface area contributed by atoms with Crippen LogP contribution in [0, 0.1) is 0 Å². The largest absolute Gasteiger partial charge is 0.507 e. The molecule has 1 unspecified atom stereocenters. The number of aromatic nitrogens is 1. The topological polar surface area (TPSA) is 54.4 Å². The molecule has 1 aromatic carbocycles. The predicted molar refractivity (Wildman–Crippen MR) is 76.9 cm³/mol. The number of thiazole rings is 1. The summed E-state index contributed by atoms with van der Waals surface area (Å²) in [6, 6.07) is 5.46. The van der Waals surface area contributed by atoms with Gasteiger partial charge in [-0.05, 0) is 13.0 Å². The summed E-state index contributed by atoms with van der Waals surface area (Å²) in [6.07, 6.45) is 2.72. The van der Waals surface area contributed by atoms with Crippen molar-refractivity contribution in [1.29, 1.82) is 0 Å². The van der Waals surface area contributed by atoms with Crippen LogP contribution in [0.4, 0.5) is 0 Å². The highest BCUT2D eigenvalue weighted by Gasteiger charge is 2.10. The van der Waals surface area contributed by atoms with E-state index in [9.17, 15) is 5.11 Å². The Balaban J connectivity index is 1.90. The van der Waals surface area contributed by atoms with E-state index in [2.05, 4.69) is 10.3 Å². The minimum atomic E-state index is 0.0888. The first-order valence-corrected chi connectivity index (χ1v) is 7.07. The first-order valence-electron chi connectivity index (χ1n) is 6.19. The molecule has 2 N–H and O–H groups in total. The van der Waals surface area contributed by atoms with Gasteiger partial charge in [-0.1, -0.05) is 6.07 Å². The predicted octanol–water partition coefficient (Wildman–Crippen LogP) is 2.75. The van der Waals surface area contributed by atoms with Crippen molar-refractivity contribution in [1.82, 2.24) is 10.3 Å². The summed E-state index contributed by atoms with van der Waals surface area (Å²) < 4.78 is 5.07. The number of ether oxygens (including phenoxy) is 1. The van der Waals surface area contributed by atoms with Crippen molar-refractivity contribution in [3.8, 4) is 11.5 Å². The third kappa shape index (κ3) is 3.68. The summed E-state index contributed by atoms with van der Waals surface area (Å²) in [4.78, 5) is 4.24. The van der Waals surface area contributed by atoms with Crippen molar-refractivity contribution in [3.05, 3.63) is 40.3 Å². The molecule has 0 aliphatic rings. The average molecular weight is 278 g/mol. The van der Waals surface area contributed by atoms with Gasteiger partial charge >= 0.3 is 0 Å². The third-order valence-corrected chi connectivity index (χ3v) is 3.82. The van der Waals surface area contributed by atoms with E-state index in [0.717, 1.165) is 23.5 Å². The zero-order valence-electron chi connectivity index (χ0n) is 11.1. The van der Waals surface area contributed by atoms with Gasteiger partial charge < -0.3 is 15.2 Å². The van der Waals surface area contributed by atoms with Gasteiger partial charge in [0, 0.05) is 42.2 Å². The van der Waals surface area contributed by atoms with Crippen molar-refractivity contribution in [2.24, 2.45) is 0 Å². The van der Waals surface area contributed by atoms with Crippen molar-refractivity contribution in [2.75, 3.05) is 13.7 Å². The van der Waals surface area contributed by atoms with Crippen molar-refractivity contribution >= 4 is 11.3 Å². The Morgan fingerprint density at radius 2 is 2.32 bits per heavy atom. The fourth-order valence-electron chi connectivity index (χ4n) is 1.90. The number of hydrogen-bond donors (Lipinski definition) is 2. The number of hydrogen-bond acceptors (Lipinski definition) is 5. The Bertz CT molecular complexity index is 514. The smallest absolute Gasteiger partial charge is 0.124 e. The highest BCUT2D eigenvalue weighted by Crippen LogP contribution is 2.28. The molecular weight excluding hydrogens is 260 g/mol. The van der Waals surface area contributed by atoms with Gasteiger partial charge in [0.1, 0.15) is 11.5 Å². The van der Waals surface area contributed by atoms with Gasteiger partial charge in [0.15, 0.2) is 0 Å². The van der Waals surface area contributed by atoms with Crippen LogP contribution in [-0.4, -0.2) is 23.7 Å². The number of rotatable bonds is 6. The molecule has 2 aromatic rings. The maximum atomic E-state index is 9.95. The van der Waals surface area contributed by atoms with Crippen LogP contribution in [-0.2, 0) is 6.42 Å². The second-order valence-corrected chi connectivity index (χ2v) is 5.26. The lowest BCUT2D eigenvalue weighted by Gasteiger charge is -2.15. The van der Waals surface area contributed by atoms with Gasteiger partial charge in [-0.25, -0.2) is 4.98 Å². The molecule has 0 spiro atoms. The standard InChI is InChI=1S/C14H18N2O2S/c1-10(15-6-5-14-16-7-8-19-14)12-4-3-11(18-2)9-13(12)17/h3-4,7-10,15,17H,5-6H2,1-2H3. The monoisotopic (exact) mass is 278 g/mol. The molecule has 1 atom stereocenters. The summed E-state index contributed by atoms with van der Waals surface area (Å²) in [5.74, 6) is 0.921. The molecule has 0 fully saturated rings. The summed E-state index contributed by atoms with van der Waals surface area (Å²) in [7, 11) is 1.59. The number of phenols is 1. The zero-order valence-corrected chi connectivity index (χ0v) is 11.9. The lowest BCUT2D eigenvalue weighted by atomic mass is 10.1. The van der Waals surface area contributed by atoms with Crippen LogP contribution in [0.25, 0.3) is 0 Å². The Labute approximate surface area is 117 Å². The zero-order chi connectivity index (χ0) is 13.7. The first kappa shape index (κ1) is 13.8. The molecule has 102 valence electrons. The average Bonchev–Trinajstić information content (AvgIpc) is 2.91. The summed E-state index contributed by atoms with van der Waals surface area (Å²) >= 11 is 1.66. The van der Waals surface area contributed by atoms with Crippen molar-refractivity contribution in [3.63, 3.8) is 0 Å². The molecule has 0 bridgehead atoms. The number of nitrogens with zero attached hydrogens (tertiary/aromatic N) is 1. The maximum absolute atomic E-state index is 9.95. The molecule has 1 heterocycles. The van der Waals surface area contributed by atoms with Gasteiger partial charge in [-0.2, -0.15) is 0 Å². The first-order chi connectivity index (χ1) is 9.20. The van der Waals surface area contributed by atoms with Crippen LogP contribution >= 0.6 is 11.3 Å². The van der Waals surface area contributed by atoms with Gasteiger partial charge in [0.05, 0.1) is 12.1 Å². The molecule has 0 aliphatic heterocycles. The van der Waals surface area contributed by atoms with E-state index in [1.54, 1.807) is 24.5 Å². The van der Waals surface area contributed by atoms with Crippen LogP contribution in [0.5, 0.6) is 11.5 Å². The fourth-order valence-corrected chi connectivity index (χ4v) is 2.52. The van der Waals surface area contributed by atoms with E-state index < -0.39 is 0 Å². The maximum Gasteiger partial charge on any atom is 0.124 e. The SMILES string of the molecule is COc1ccc(C(C)NCCc2nccs2)c(O)c1.